The van der Waals surface area contributed by atoms with Gasteiger partial charge in [-0.2, -0.15) is 0 Å². The van der Waals surface area contributed by atoms with Crippen LogP contribution in [0.1, 0.15) is 15.4 Å². The molecule has 7 heteroatoms. The normalized spacial score (nSPS) is 15.1. The van der Waals surface area contributed by atoms with Crippen LogP contribution in [0, 0.1) is 0 Å². The highest BCUT2D eigenvalue weighted by atomic mass is 79.9. The minimum Gasteiger partial charge on any atom is -0.336 e. The zero-order chi connectivity index (χ0) is 18.6. The Kier molecular flexibility index (Phi) is 5.61. The number of hydrogen-bond acceptors (Lipinski definition) is 5. The highest BCUT2D eigenvalue weighted by Gasteiger charge is 2.23. The molecule has 0 N–H and O–H groups in total. The Balaban J connectivity index is 1.33. The average Bonchev–Trinajstić information content (AvgIpc) is 3.17. The van der Waals surface area contributed by atoms with E-state index >= 15 is 0 Å². The number of pyridine rings is 1. The molecule has 5 nitrogen and oxygen atoms in total. The second-order valence-corrected chi connectivity index (χ2v) is 8.31. The van der Waals surface area contributed by atoms with Crippen molar-refractivity contribution < 1.29 is 4.79 Å². The molecule has 4 rings (SSSR count). The first-order valence-electron chi connectivity index (χ1n) is 8.81. The average molecular weight is 443 g/mol. The van der Waals surface area contributed by atoms with E-state index in [4.69, 9.17) is 4.98 Å². The summed E-state index contributed by atoms with van der Waals surface area (Å²) in [5.74, 6) is 0.0454. The van der Waals surface area contributed by atoms with Gasteiger partial charge in [-0.15, -0.1) is 11.3 Å². The third-order valence-electron chi connectivity index (χ3n) is 4.59. The zero-order valence-corrected chi connectivity index (χ0v) is 17.1. The van der Waals surface area contributed by atoms with Crippen molar-refractivity contribution in [2.24, 2.45) is 0 Å². The molecule has 2 aromatic heterocycles. The summed E-state index contributed by atoms with van der Waals surface area (Å²) < 4.78 is 0.824. The predicted octanol–water partition coefficient (Wildman–Crippen LogP) is 3.93. The Bertz CT molecular complexity index is 922. The van der Waals surface area contributed by atoms with Gasteiger partial charge in [-0.25, -0.2) is 4.98 Å². The van der Waals surface area contributed by atoms with E-state index in [1.807, 2.05) is 29.2 Å². The topological polar surface area (TPSA) is 49.3 Å². The summed E-state index contributed by atoms with van der Waals surface area (Å²) in [5.41, 5.74) is 2.81. The number of carbonyl (C=O) groups excluding carboxylic acids is 1. The van der Waals surface area contributed by atoms with E-state index in [-0.39, 0.29) is 5.91 Å². The van der Waals surface area contributed by atoms with Gasteiger partial charge in [-0.1, -0.05) is 30.3 Å². The molecule has 1 aromatic carbocycles. The van der Waals surface area contributed by atoms with Crippen LogP contribution in [-0.2, 0) is 6.54 Å². The fraction of sp³-hybridized carbons (Fsp3) is 0.250. The van der Waals surface area contributed by atoms with Gasteiger partial charge in [0.05, 0.1) is 17.8 Å². The smallest absolute Gasteiger partial charge is 0.255 e. The van der Waals surface area contributed by atoms with Crippen LogP contribution in [0.3, 0.4) is 0 Å². The summed E-state index contributed by atoms with van der Waals surface area (Å²) in [6.45, 7) is 3.99. The zero-order valence-electron chi connectivity index (χ0n) is 14.7. The number of benzene rings is 1. The van der Waals surface area contributed by atoms with Gasteiger partial charge >= 0.3 is 0 Å². The van der Waals surface area contributed by atoms with Gasteiger partial charge in [-0.3, -0.25) is 14.7 Å². The Morgan fingerprint density at radius 1 is 1.11 bits per heavy atom. The molecule has 1 fully saturated rings. The lowest BCUT2D eigenvalue weighted by Gasteiger charge is -2.34. The van der Waals surface area contributed by atoms with Crippen LogP contribution in [0.4, 0.5) is 0 Å². The number of nitrogens with zero attached hydrogens (tertiary/aromatic N) is 4. The van der Waals surface area contributed by atoms with Crippen molar-refractivity contribution in [3.05, 3.63) is 69.2 Å². The third kappa shape index (κ3) is 4.43. The van der Waals surface area contributed by atoms with Crippen LogP contribution in [0.2, 0.25) is 0 Å². The number of piperazine rings is 1. The summed E-state index contributed by atoms with van der Waals surface area (Å²) >= 11 is 5.07. The van der Waals surface area contributed by atoms with Crippen LogP contribution in [-0.4, -0.2) is 51.9 Å². The van der Waals surface area contributed by atoms with Gasteiger partial charge in [0.25, 0.3) is 5.91 Å². The minimum atomic E-state index is 0.0454. The second-order valence-electron chi connectivity index (χ2n) is 6.45. The molecular formula is C20H19BrN4OS. The maximum absolute atomic E-state index is 12.6. The molecular weight excluding hydrogens is 424 g/mol. The lowest BCUT2D eigenvalue weighted by molar-refractivity contribution is 0.0628. The van der Waals surface area contributed by atoms with E-state index < -0.39 is 0 Å². The minimum absolute atomic E-state index is 0.0454. The molecule has 0 saturated carbocycles. The maximum atomic E-state index is 12.6. The molecule has 138 valence electrons. The fourth-order valence-corrected chi connectivity index (χ4v) is 4.35. The van der Waals surface area contributed by atoms with Gasteiger partial charge in [0, 0.05) is 54.0 Å². The van der Waals surface area contributed by atoms with Crippen molar-refractivity contribution >= 4 is 33.2 Å². The summed E-state index contributed by atoms with van der Waals surface area (Å²) in [4.78, 5) is 25.7. The summed E-state index contributed by atoms with van der Waals surface area (Å²) in [6, 6.07) is 12.1. The van der Waals surface area contributed by atoms with Crippen LogP contribution in [0.5, 0.6) is 0 Å². The first-order valence-corrected chi connectivity index (χ1v) is 10.5. The summed E-state index contributed by atoms with van der Waals surface area (Å²) in [5, 5.41) is 3.23. The first kappa shape index (κ1) is 18.3. The van der Waals surface area contributed by atoms with E-state index in [1.165, 1.54) is 0 Å². The molecule has 0 radical (unpaired) electrons. The van der Waals surface area contributed by atoms with Crippen molar-refractivity contribution in [2.75, 3.05) is 26.2 Å². The first-order chi connectivity index (χ1) is 13.2. The standard InChI is InChI=1S/C20H19BrN4OS/c21-17-10-16(11-22-12-17)20(26)25-8-6-24(7-9-25)13-19-23-18(14-27-19)15-4-2-1-3-5-15/h1-5,10-12,14H,6-9,13H2. The molecule has 1 amide bonds. The Morgan fingerprint density at radius 2 is 1.89 bits per heavy atom. The molecule has 0 aliphatic carbocycles. The van der Waals surface area contributed by atoms with Crippen LogP contribution < -0.4 is 0 Å². The van der Waals surface area contributed by atoms with Gasteiger partial charge < -0.3 is 4.90 Å². The Morgan fingerprint density at radius 3 is 2.63 bits per heavy atom. The molecule has 0 bridgehead atoms. The summed E-state index contributed by atoms with van der Waals surface area (Å²) in [6.07, 6.45) is 3.31. The second kappa shape index (κ2) is 8.29. The number of aromatic nitrogens is 2. The highest BCUT2D eigenvalue weighted by Crippen LogP contribution is 2.23. The SMILES string of the molecule is O=C(c1cncc(Br)c1)N1CCN(Cc2nc(-c3ccccc3)cs2)CC1. The molecule has 0 spiro atoms. The van der Waals surface area contributed by atoms with Crippen molar-refractivity contribution in [1.82, 2.24) is 19.8 Å². The highest BCUT2D eigenvalue weighted by molar-refractivity contribution is 9.10. The van der Waals surface area contributed by atoms with Crippen LogP contribution in [0.15, 0.2) is 58.6 Å². The summed E-state index contributed by atoms with van der Waals surface area (Å²) in [7, 11) is 0. The number of halogens is 1. The van der Waals surface area contributed by atoms with E-state index in [2.05, 4.69) is 43.3 Å². The number of hydrogen-bond donors (Lipinski definition) is 0. The molecule has 1 aliphatic rings. The predicted molar refractivity (Wildman–Crippen MR) is 111 cm³/mol. The fourth-order valence-electron chi connectivity index (χ4n) is 3.14. The molecule has 0 unspecified atom stereocenters. The van der Waals surface area contributed by atoms with Crippen LogP contribution in [0.25, 0.3) is 11.3 Å². The molecule has 3 aromatic rings. The van der Waals surface area contributed by atoms with Gasteiger partial charge in [0.2, 0.25) is 0 Å². The number of rotatable bonds is 4. The van der Waals surface area contributed by atoms with Crippen molar-refractivity contribution in [3.63, 3.8) is 0 Å². The maximum Gasteiger partial charge on any atom is 0.255 e. The number of thiazole rings is 1. The van der Waals surface area contributed by atoms with Gasteiger partial charge in [-0.05, 0) is 22.0 Å². The van der Waals surface area contributed by atoms with Crippen LogP contribution >= 0.6 is 27.3 Å². The molecule has 1 aliphatic heterocycles. The molecule has 27 heavy (non-hydrogen) atoms. The monoisotopic (exact) mass is 442 g/mol. The van der Waals surface area contributed by atoms with E-state index in [0.717, 1.165) is 53.5 Å². The van der Waals surface area contributed by atoms with Gasteiger partial charge in [0.1, 0.15) is 5.01 Å². The Hall–Kier alpha value is -2.09. The molecule has 3 heterocycles. The van der Waals surface area contributed by atoms with Crippen molar-refractivity contribution in [2.45, 2.75) is 6.54 Å². The quantitative estimate of drug-likeness (QED) is 0.614. The Labute approximate surface area is 170 Å². The third-order valence-corrected chi connectivity index (χ3v) is 5.86. The van der Waals surface area contributed by atoms with E-state index in [0.29, 0.717) is 5.56 Å². The number of amides is 1. The van der Waals surface area contributed by atoms with Gasteiger partial charge in [0.15, 0.2) is 0 Å². The lowest BCUT2D eigenvalue weighted by atomic mass is 10.2. The molecule has 0 atom stereocenters. The number of carbonyl (C=O) groups is 1. The lowest BCUT2D eigenvalue weighted by Crippen LogP contribution is -2.48. The van der Waals surface area contributed by atoms with E-state index in [9.17, 15) is 4.79 Å². The van der Waals surface area contributed by atoms with E-state index in [1.54, 1.807) is 23.7 Å². The van der Waals surface area contributed by atoms with Crippen molar-refractivity contribution in [1.29, 1.82) is 0 Å². The van der Waals surface area contributed by atoms with Crippen molar-refractivity contribution in [3.8, 4) is 11.3 Å². The largest absolute Gasteiger partial charge is 0.336 e. The molecule has 1 saturated heterocycles.